The molecular formula is C43H67N5. The first-order valence-electron chi connectivity index (χ1n) is 21.8. The second-order valence-electron chi connectivity index (χ2n) is 19.1. The summed E-state index contributed by atoms with van der Waals surface area (Å²) >= 11 is 0. The molecule has 9 aliphatic rings. The molecule has 0 radical (unpaired) electrons. The Morgan fingerprint density at radius 2 is 0.979 bits per heavy atom. The van der Waals surface area contributed by atoms with Crippen molar-refractivity contribution < 1.29 is 0 Å². The summed E-state index contributed by atoms with van der Waals surface area (Å²) in [6.45, 7) is 1.22. The van der Waals surface area contributed by atoms with Crippen LogP contribution in [0.1, 0.15) is 154 Å². The van der Waals surface area contributed by atoms with Gasteiger partial charge in [-0.2, -0.15) is 10.5 Å². The van der Waals surface area contributed by atoms with Crippen LogP contribution >= 0.6 is 0 Å². The molecule has 0 amide bonds. The van der Waals surface area contributed by atoms with Gasteiger partial charge in [0.15, 0.2) is 0 Å². The van der Waals surface area contributed by atoms with Crippen molar-refractivity contribution in [1.82, 2.24) is 15.1 Å². The molecule has 48 heavy (non-hydrogen) atoms. The molecule has 3 saturated heterocycles. The Kier molecular flexibility index (Phi) is 9.63. The molecule has 6 saturated carbocycles. The predicted molar refractivity (Wildman–Crippen MR) is 191 cm³/mol. The zero-order valence-electron chi connectivity index (χ0n) is 30.2. The number of piperidine rings is 1. The van der Waals surface area contributed by atoms with E-state index in [1.807, 2.05) is 0 Å². The Morgan fingerprint density at radius 1 is 0.417 bits per heavy atom. The summed E-state index contributed by atoms with van der Waals surface area (Å²) in [6, 6.07) is 9.35. The molecule has 9 rings (SSSR count). The highest BCUT2D eigenvalue weighted by molar-refractivity contribution is 5.10. The molecule has 0 aromatic heterocycles. The second-order valence-corrected chi connectivity index (χ2v) is 19.1. The fraction of sp³-hybridized carbons (Fsp3) is 0.953. The number of nitriles is 2. The third-order valence-electron chi connectivity index (χ3n) is 17.3. The number of likely N-dealkylation sites (tertiary alicyclic amines) is 2. The standard InChI is InChI=1S/C43H67N5/c44-26-32-13-12-29(23-33(32)27-45)28-14-18-35(19-15-28)48-42-21-17-31(25-39(42)37-10-6-22-46-43(37)48)30-16-20-41-38(24-30)36-9-4-5-11-40(36)47(41)34-7-2-1-3-8-34/h28-43,46H,1-25H2. The van der Waals surface area contributed by atoms with Gasteiger partial charge in [0.05, 0.1) is 30.1 Å². The number of hydrogen-bond acceptors (Lipinski definition) is 5. The van der Waals surface area contributed by atoms with E-state index in [1.165, 1.54) is 129 Å². The molecule has 3 heterocycles. The maximum Gasteiger partial charge on any atom is 0.0669 e. The summed E-state index contributed by atoms with van der Waals surface area (Å²) in [5.74, 6) is 7.27. The summed E-state index contributed by atoms with van der Waals surface area (Å²) in [6.07, 6.45) is 34.7. The van der Waals surface area contributed by atoms with Gasteiger partial charge in [-0.25, -0.2) is 0 Å². The summed E-state index contributed by atoms with van der Waals surface area (Å²) in [5, 5.41) is 23.4. The number of nitrogens with one attached hydrogen (secondary N) is 1. The highest BCUT2D eigenvalue weighted by Crippen LogP contribution is 2.57. The Hall–Kier alpha value is -1.14. The first-order chi connectivity index (χ1) is 23.7. The van der Waals surface area contributed by atoms with Crippen LogP contribution in [0.5, 0.6) is 0 Å². The molecular weight excluding hydrogens is 587 g/mol. The van der Waals surface area contributed by atoms with E-state index in [9.17, 15) is 10.5 Å². The topological polar surface area (TPSA) is 66.1 Å². The molecule has 9 fully saturated rings. The summed E-state index contributed by atoms with van der Waals surface area (Å²) in [4.78, 5) is 6.34. The van der Waals surface area contributed by atoms with Crippen molar-refractivity contribution in [2.75, 3.05) is 6.54 Å². The lowest BCUT2D eigenvalue weighted by molar-refractivity contribution is 0.0193. The Bertz CT molecular complexity index is 1190. The van der Waals surface area contributed by atoms with Crippen molar-refractivity contribution in [2.45, 2.75) is 190 Å². The van der Waals surface area contributed by atoms with Crippen molar-refractivity contribution in [3.63, 3.8) is 0 Å². The summed E-state index contributed by atoms with van der Waals surface area (Å²) in [7, 11) is 0. The molecule has 6 aliphatic carbocycles. The fourth-order valence-corrected chi connectivity index (χ4v) is 15.3. The van der Waals surface area contributed by atoms with Crippen molar-refractivity contribution in [1.29, 1.82) is 10.5 Å². The Morgan fingerprint density at radius 3 is 1.73 bits per heavy atom. The van der Waals surface area contributed by atoms with Crippen molar-refractivity contribution >= 4 is 0 Å². The normalized spacial score (nSPS) is 50.3. The van der Waals surface area contributed by atoms with E-state index in [-0.39, 0.29) is 11.8 Å². The minimum atomic E-state index is -0.0307. The molecule has 0 aromatic carbocycles. The smallest absolute Gasteiger partial charge is 0.0669 e. The van der Waals surface area contributed by atoms with Gasteiger partial charge in [0.2, 0.25) is 0 Å². The van der Waals surface area contributed by atoms with Gasteiger partial charge < -0.3 is 5.32 Å². The number of hydrogen-bond donors (Lipinski definition) is 1. The van der Waals surface area contributed by atoms with E-state index in [0.29, 0.717) is 12.1 Å². The zero-order chi connectivity index (χ0) is 32.2. The van der Waals surface area contributed by atoms with Crippen LogP contribution in [0.25, 0.3) is 0 Å². The molecule has 264 valence electrons. The minimum Gasteiger partial charge on any atom is -0.301 e. The first kappa shape index (κ1) is 32.7. The molecule has 0 bridgehead atoms. The lowest BCUT2D eigenvalue weighted by Crippen LogP contribution is -2.54. The van der Waals surface area contributed by atoms with Gasteiger partial charge in [-0.15, -0.1) is 0 Å². The third kappa shape index (κ3) is 5.81. The third-order valence-corrected chi connectivity index (χ3v) is 17.3. The van der Waals surface area contributed by atoms with Crippen molar-refractivity contribution in [2.24, 2.45) is 59.2 Å². The summed E-state index contributed by atoms with van der Waals surface area (Å²) < 4.78 is 0. The van der Waals surface area contributed by atoms with Crippen LogP contribution in [0, 0.1) is 81.8 Å². The second kappa shape index (κ2) is 14.1. The van der Waals surface area contributed by atoms with Crippen LogP contribution in [0.3, 0.4) is 0 Å². The molecule has 1 N–H and O–H groups in total. The van der Waals surface area contributed by atoms with E-state index >= 15 is 0 Å². The Balaban J connectivity index is 0.852. The van der Waals surface area contributed by atoms with E-state index < -0.39 is 0 Å². The molecule has 0 spiro atoms. The van der Waals surface area contributed by atoms with Crippen LogP contribution in [0.2, 0.25) is 0 Å². The SMILES string of the molecule is N#CC1CCC(C2CCC(N3C4CCC(C5CCC6C(C5)C5CCCCC5N6C5CCCCC5)CC4C4CCCNC43)CC2)CC1C#N. The maximum atomic E-state index is 9.75. The summed E-state index contributed by atoms with van der Waals surface area (Å²) in [5.41, 5.74) is 0. The van der Waals surface area contributed by atoms with Gasteiger partial charge >= 0.3 is 0 Å². The molecule has 0 aromatic rings. The number of nitrogens with zero attached hydrogens (tertiary/aromatic N) is 4. The highest BCUT2D eigenvalue weighted by atomic mass is 15.3. The van der Waals surface area contributed by atoms with Gasteiger partial charge in [-0.1, -0.05) is 32.1 Å². The predicted octanol–water partition coefficient (Wildman–Crippen LogP) is 9.04. The monoisotopic (exact) mass is 654 g/mol. The van der Waals surface area contributed by atoms with E-state index in [2.05, 4.69) is 27.3 Å². The van der Waals surface area contributed by atoms with Gasteiger partial charge in [-0.05, 0) is 176 Å². The first-order valence-corrected chi connectivity index (χ1v) is 21.8. The molecule has 5 nitrogen and oxygen atoms in total. The van der Waals surface area contributed by atoms with Crippen LogP contribution in [0.4, 0.5) is 0 Å². The van der Waals surface area contributed by atoms with E-state index in [0.717, 1.165) is 84.5 Å². The maximum absolute atomic E-state index is 9.75. The van der Waals surface area contributed by atoms with Crippen LogP contribution in [0.15, 0.2) is 0 Å². The fourth-order valence-electron chi connectivity index (χ4n) is 15.3. The van der Waals surface area contributed by atoms with Gasteiger partial charge in [0.25, 0.3) is 0 Å². The van der Waals surface area contributed by atoms with Crippen LogP contribution < -0.4 is 5.32 Å². The average molecular weight is 654 g/mol. The van der Waals surface area contributed by atoms with Crippen molar-refractivity contribution in [3.05, 3.63) is 0 Å². The lowest BCUT2D eigenvalue weighted by atomic mass is 9.62. The molecule has 13 unspecified atom stereocenters. The quantitative estimate of drug-likeness (QED) is 0.328. The molecule has 3 aliphatic heterocycles. The molecule has 13 atom stereocenters. The van der Waals surface area contributed by atoms with Gasteiger partial charge in [0.1, 0.15) is 0 Å². The highest BCUT2D eigenvalue weighted by Gasteiger charge is 2.57. The zero-order valence-corrected chi connectivity index (χ0v) is 30.2. The molecule has 5 heteroatoms. The lowest BCUT2D eigenvalue weighted by Gasteiger charge is -2.47. The largest absolute Gasteiger partial charge is 0.301 e. The average Bonchev–Trinajstić information content (AvgIpc) is 3.67. The number of fused-ring (bicyclic) bond motifs is 6. The van der Waals surface area contributed by atoms with Gasteiger partial charge in [-0.3, -0.25) is 9.80 Å². The minimum absolute atomic E-state index is 0.0258. The Labute approximate surface area is 293 Å². The van der Waals surface area contributed by atoms with Crippen LogP contribution in [-0.4, -0.2) is 52.7 Å². The van der Waals surface area contributed by atoms with Gasteiger partial charge in [0, 0.05) is 30.2 Å². The van der Waals surface area contributed by atoms with E-state index in [4.69, 9.17) is 0 Å². The number of rotatable bonds is 4. The van der Waals surface area contributed by atoms with Crippen LogP contribution in [-0.2, 0) is 0 Å². The van der Waals surface area contributed by atoms with E-state index in [1.54, 1.807) is 19.3 Å². The van der Waals surface area contributed by atoms with Crippen molar-refractivity contribution in [3.8, 4) is 12.1 Å².